The van der Waals surface area contributed by atoms with Crippen LogP contribution in [0.1, 0.15) is 33.6 Å². The maximum Gasteiger partial charge on any atom is 0.123 e. The number of hydrogen-bond acceptors (Lipinski definition) is 1. The summed E-state index contributed by atoms with van der Waals surface area (Å²) in [5, 5.41) is 0. The molecule has 1 rings (SSSR count). The molecule has 1 aliphatic rings. The van der Waals surface area contributed by atoms with Crippen molar-refractivity contribution in [1.29, 1.82) is 0 Å². The van der Waals surface area contributed by atoms with E-state index in [-0.39, 0.29) is 11.3 Å². The molecule has 78 valence electrons. The molecule has 0 amide bonds. The van der Waals surface area contributed by atoms with Crippen LogP contribution in [0.3, 0.4) is 0 Å². The van der Waals surface area contributed by atoms with Gasteiger partial charge in [-0.25, -0.2) is 0 Å². The second-order valence-corrected chi connectivity index (χ2v) is 5.20. The quantitative estimate of drug-likeness (QED) is 0.485. The maximum atomic E-state index is 10.8. The molecule has 0 aromatic rings. The molecule has 1 aliphatic carbocycles. The molecular weight excluding hydrogens is 172 g/mol. The van der Waals surface area contributed by atoms with Crippen LogP contribution in [-0.2, 0) is 4.79 Å². The highest BCUT2D eigenvalue weighted by Crippen LogP contribution is 2.46. The first-order chi connectivity index (χ1) is 6.51. The van der Waals surface area contributed by atoms with Crippen molar-refractivity contribution < 1.29 is 4.79 Å². The molecule has 1 nitrogen and oxygen atoms in total. The van der Waals surface area contributed by atoms with E-state index in [1.165, 1.54) is 0 Å². The summed E-state index contributed by atoms with van der Waals surface area (Å²) in [4.78, 5) is 10.8. The summed E-state index contributed by atoms with van der Waals surface area (Å²) in [5.74, 6) is 1.31. The molecule has 0 heterocycles. The fourth-order valence-corrected chi connectivity index (χ4v) is 2.91. The summed E-state index contributed by atoms with van der Waals surface area (Å²) >= 11 is 0. The molecule has 0 bridgehead atoms. The molecule has 0 saturated heterocycles. The summed E-state index contributed by atoms with van der Waals surface area (Å²) in [7, 11) is 0. The number of carbonyl (C=O) groups excluding carboxylic acids is 1. The predicted octanol–water partition coefficient (Wildman–Crippen LogP) is 3.21. The first kappa shape index (κ1) is 11.3. The Balaban J connectivity index is 2.87. The van der Waals surface area contributed by atoms with Crippen LogP contribution in [0.2, 0.25) is 0 Å². The Kier molecular flexibility index (Phi) is 3.34. The van der Waals surface area contributed by atoms with Crippen LogP contribution in [0.25, 0.3) is 0 Å². The molecule has 0 N–H and O–H groups in total. The highest BCUT2D eigenvalue weighted by molar-refractivity contribution is 5.54. The van der Waals surface area contributed by atoms with E-state index >= 15 is 0 Å². The van der Waals surface area contributed by atoms with Gasteiger partial charge in [0, 0.05) is 5.92 Å². The van der Waals surface area contributed by atoms with Crippen LogP contribution in [0.15, 0.2) is 18.4 Å². The third-order valence-corrected chi connectivity index (χ3v) is 3.47. The highest BCUT2D eigenvalue weighted by atomic mass is 16.1. The molecule has 0 spiro atoms. The van der Waals surface area contributed by atoms with Gasteiger partial charge in [-0.3, -0.25) is 0 Å². The zero-order valence-electron chi connectivity index (χ0n) is 9.42. The van der Waals surface area contributed by atoms with Crippen molar-refractivity contribution in [2.24, 2.45) is 23.2 Å². The maximum absolute atomic E-state index is 10.8. The molecule has 1 saturated carbocycles. The minimum absolute atomic E-state index is 0.202. The van der Waals surface area contributed by atoms with Crippen LogP contribution in [0, 0.1) is 23.2 Å². The van der Waals surface area contributed by atoms with Crippen LogP contribution in [0.4, 0.5) is 0 Å². The van der Waals surface area contributed by atoms with Gasteiger partial charge < -0.3 is 4.79 Å². The van der Waals surface area contributed by atoms with Gasteiger partial charge in [0.25, 0.3) is 0 Å². The number of aldehydes is 1. The SMILES string of the molecule is C=C=CC1C(C)CC(C=O)CC1(C)C. The molecule has 0 aromatic heterocycles. The van der Waals surface area contributed by atoms with Gasteiger partial charge in [-0.1, -0.05) is 27.4 Å². The fourth-order valence-electron chi connectivity index (χ4n) is 2.91. The summed E-state index contributed by atoms with van der Waals surface area (Å²) in [5.41, 5.74) is 3.10. The molecule has 0 aromatic carbocycles. The lowest BCUT2D eigenvalue weighted by molar-refractivity contribution is -0.114. The Morgan fingerprint density at radius 3 is 2.57 bits per heavy atom. The van der Waals surface area contributed by atoms with Gasteiger partial charge in [0.15, 0.2) is 0 Å². The minimum atomic E-state index is 0.202. The largest absolute Gasteiger partial charge is 0.303 e. The van der Waals surface area contributed by atoms with Gasteiger partial charge in [-0.05, 0) is 36.2 Å². The Labute approximate surface area is 86.9 Å². The fraction of sp³-hybridized carbons (Fsp3) is 0.692. The van der Waals surface area contributed by atoms with Gasteiger partial charge in [0.05, 0.1) is 0 Å². The molecule has 3 unspecified atom stereocenters. The normalized spacial score (nSPS) is 35.8. The van der Waals surface area contributed by atoms with Crippen molar-refractivity contribution in [3.63, 3.8) is 0 Å². The summed E-state index contributed by atoms with van der Waals surface area (Å²) in [6.45, 7) is 10.3. The average molecular weight is 192 g/mol. The Morgan fingerprint density at radius 1 is 1.50 bits per heavy atom. The lowest BCUT2D eigenvalue weighted by Gasteiger charge is -2.43. The van der Waals surface area contributed by atoms with Crippen molar-refractivity contribution >= 4 is 6.29 Å². The van der Waals surface area contributed by atoms with Crippen LogP contribution < -0.4 is 0 Å². The summed E-state index contributed by atoms with van der Waals surface area (Å²) in [6, 6.07) is 0. The van der Waals surface area contributed by atoms with E-state index in [4.69, 9.17) is 0 Å². The third kappa shape index (κ3) is 2.16. The van der Waals surface area contributed by atoms with E-state index < -0.39 is 0 Å². The minimum Gasteiger partial charge on any atom is -0.303 e. The second kappa shape index (κ2) is 4.14. The van der Waals surface area contributed by atoms with Gasteiger partial charge in [-0.2, -0.15) is 0 Å². The monoisotopic (exact) mass is 192 g/mol. The third-order valence-electron chi connectivity index (χ3n) is 3.47. The molecule has 3 atom stereocenters. The lowest BCUT2D eigenvalue weighted by atomic mass is 9.61. The summed E-state index contributed by atoms with van der Waals surface area (Å²) in [6.07, 6.45) is 5.19. The van der Waals surface area contributed by atoms with E-state index in [2.05, 4.69) is 39.2 Å². The molecule has 14 heavy (non-hydrogen) atoms. The first-order valence-electron chi connectivity index (χ1n) is 5.32. The standard InChI is InChI=1S/C13H20O/c1-5-6-12-10(2)7-11(9-14)8-13(12,3)4/h6,9-12H,1,7-8H2,2-4H3. The molecule has 1 heteroatoms. The Morgan fingerprint density at radius 2 is 2.14 bits per heavy atom. The van der Waals surface area contributed by atoms with Crippen LogP contribution >= 0.6 is 0 Å². The van der Waals surface area contributed by atoms with Gasteiger partial charge in [0.1, 0.15) is 6.29 Å². The molecule has 0 radical (unpaired) electrons. The van der Waals surface area contributed by atoms with Gasteiger partial charge >= 0.3 is 0 Å². The number of allylic oxidation sites excluding steroid dienone is 1. The van der Waals surface area contributed by atoms with Crippen LogP contribution in [0.5, 0.6) is 0 Å². The Hall–Kier alpha value is -0.810. The van der Waals surface area contributed by atoms with Gasteiger partial charge in [-0.15, -0.1) is 5.73 Å². The zero-order chi connectivity index (χ0) is 10.8. The van der Waals surface area contributed by atoms with E-state index in [0.717, 1.165) is 19.1 Å². The average Bonchev–Trinajstić information content (AvgIpc) is 2.10. The predicted molar refractivity (Wildman–Crippen MR) is 58.9 cm³/mol. The first-order valence-corrected chi connectivity index (χ1v) is 5.32. The van der Waals surface area contributed by atoms with Crippen molar-refractivity contribution in [3.8, 4) is 0 Å². The summed E-state index contributed by atoms with van der Waals surface area (Å²) < 4.78 is 0. The van der Waals surface area contributed by atoms with E-state index in [1.807, 2.05) is 0 Å². The second-order valence-electron chi connectivity index (χ2n) is 5.20. The Bertz CT molecular complexity index is 258. The topological polar surface area (TPSA) is 17.1 Å². The number of carbonyl (C=O) groups is 1. The van der Waals surface area contributed by atoms with Crippen molar-refractivity contribution in [2.75, 3.05) is 0 Å². The van der Waals surface area contributed by atoms with Crippen molar-refractivity contribution in [2.45, 2.75) is 33.6 Å². The number of hydrogen-bond donors (Lipinski definition) is 0. The van der Waals surface area contributed by atoms with Crippen molar-refractivity contribution in [1.82, 2.24) is 0 Å². The molecular formula is C13H20O. The van der Waals surface area contributed by atoms with Crippen molar-refractivity contribution in [3.05, 3.63) is 18.4 Å². The van der Waals surface area contributed by atoms with E-state index in [9.17, 15) is 4.79 Å². The zero-order valence-corrected chi connectivity index (χ0v) is 9.42. The van der Waals surface area contributed by atoms with Gasteiger partial charge in [0.2, 0.25) is 0 Å². The van der Waals surface area contributed by atoms with Crippen LogP contribution in [-0.4, -0.2) is 6.29 Å². The lowest BCUT2D eigenvalue weighted by Crippen LogP contribution is -2.36. The smallest absolute Gasteiger partial charge is 0.123 e. The van der Waals surface area contributed by atoms with E-state index in [0.29, 0.717) is 11.8 Å². The number of rotatable bonds is 2. The van der Waals surface area contributed by atoms with E-state index in [1.54, 1.807) is 0 Å². The molecule has 1 fully saturated rings. The highest BCUT2D eigenvalue weighted by Gasteiger charge is 2.39. The molecule has 0 aliphatic heterocycles.